The fraction of sp³-hybridized carbons (Fsp3) is 0.368. The van der Waals surface area contributed by atoms with Crippen molar-refractivity contribution < 1.29 is 9.53 Å². The van der Waals surface area contributed by atoms with Gasteiger partial charge in [0, 0.05) is 29.7 Å². The van der Waals surface area contributed by atoms with Gasteiger partial charge in [-0.1, -0.05) is 30.3 Å². The number of aromatic nitrogens is 1. The van der Waals surface area contributed by atoms with E-state index in [1.807, 2.05) is 19.1 Å². The van der Waals surface area contributed by atoms with Crippen LogP contribution >= 0.6 is 15.9 Å². The Morgan fingerprint density at radius 3 is 2.92 bits per heavy atom. The average molecular weight is 389 g/mol. The second-order valence-electron chi connectivity index (χ2n) is 6.01. The van der Waals surface area contributed by atoms with Crippen LogP contribution in [0, 0.1) is 0 Å². The second kappa shape index (κ2) is 7.90. The van der Waals surface area contributed by atoms with E-state index in [1.54, 1.807) is 6.20 Å². The number of pyridine rings is 1. The van der Waals surface area contributed by atoms with Crippen LogP contribution < -0.4 is 0 Å². The van der Waals surface area contributed by atoms with Gasteiger partial charge in [-0.15, -0.1) is 0 Å². The summed E-state index contributed by atoms with van der Waals surface area (Å²) >= 11 is 3.40. The molecule has 1 aromatic carbocycles. The molecule has 0 amide bonds. The summed E-state index contributed by atoms with van der Waals surface area (Å²) in [6, 6.07) is 12.3. The molecular weight excluding hydrogens is 368 g/mol. The minimum atomic E-state index is -0.289. The Kier molecular flexibility index (Phi) is 5.63. The third-order valence-electron chi connectivity index (χ3n) is 4.29. The van der Waals surface area contributed by atoms with Crippen molar-refractivity contribution >= 4 is 21.9 Å². The molecule has 0 radical (unpaired) electrons. The molecule has 126 valence electrons. The van der Waals surface area contributed by atoms with Crippen LogP contribution in [0.3, 0.4) is 0 Å². The highest BCUT2D eigenvalue weighted by molar-refractivity contribution is 9.10. The van der Waals surface area contributed by atoms with Crippen molar-refractivity contribution in [1.82, 2.24) is 9.88 Å². The summed E-state index contributed by atoms with van der Waals surface area (Å²) in [5.74, 6) is -0.0240. The van der Waals surface area contributed by atoms with Gasteiger partial charge in [0.05, 0.1) is 17.9 Å². The Labute approximate surface area is 151 Å². The van der Waals surface area contributed by atoms with Gasteiger partial charge < -0.3 is 4.74 Å². The summed E-state index contributed by atoms with van der Waals surface area (Å²) in [7, 11) is 0. The summed E-state index contributed by atoms with van der Waals surface area (Å²) in [4.78, 5) is 19.2. The Balaban J connectivity index is 1.74. The van der Waals surface area contributed by atoms with Crippen LogP contribution in [-0.2, 0) is 11.3 Å². The summed E-state index contributed by atoms with van der Waals surface area (Å²) < 4.78 is 5.99. The van der Waals surface area contributed by atoms with E-state index in [1.165, 1.54) is 5.56 Å². The summed E-state index contributed by atoms with van der Waals surface area (Å²) in [6.45, 7) is 5.05. The number of hydrogen-bond acceptors (Lipinski definition) is 4. The minimum absolute atomic E-state index is 0.265. The molecule has 2 aromatic rings. The van der Waals surface area contributed by atoms with Crippen molar-refractivity contribution in [3.63, 3.8) is 0 Å². The molecule has 0 spiro atoms. The highest BCUT2D eigenvalue weighted by atomic mass is 79.9. The molecule has 0 saturated carbocycles. The molecule has 1 aliphatic heterocycles. The largest absolute Gasteiger partial charge is 0.462 e. The molecule has 1 saturated heterocycles. The van der Waals surface area contributed by atoms with Crippen LogP contribution in [0.2, 0.25) is 0 Å². The average Bonchev–Trinajstić information content (AvgIpc) is 3.04. The van der Waals surface area contributed by atoms with Crippen molar-refractivity contribution in [2.24, 2.45) is 0 Å². The Hall–Kier alpha value is -1.72. The predicted molar refractivity (Wildman–Crippen MR) is 97.0 cm³/mol. The van der Waals surface area contributed by atoms with Crippen LogP contribution in [0.25, 0.3) is 0 Å². The number of esters is 1. The fourth-order valence-corrected chi connectivity index (χ4v) is 3.52. The van der Waals surface area contributed by atoms with Crippen molar-refractivity contribution in [2.45, 2.75) is 25.8 Å². The summed E-state index contributed by atoms with van der Waals surface area (Å²) in [6.07, 6.45) is 2.77. The molecule has 2 heterocycles. The highest BCUT2D eigenvalue weighted by Crippen LogP contribution is 2.30. The molecule has 1 aromatic heterocycles. The lowest BCUT2D eigenvalue weighted by molar-refractivity contribution is 0.0523. The minimum Gasteiger partial charge on any atom is -0.462 e. The van der Waals surface area contributed by atoms with Gasteiger partial charge in [-0.3, -0.25) is 9.88 Å². The molecule has 0 bridgehead atoms. The van der Waals surface area contributed by atoms with Gasteiger partial charge >= 0.3 is 5.97 Å². The molecule has 0 N–H and O–H groups in total. The van der Waals surface area contributed by atoms with Crippen LogP contribution in [0.4, 0.5) is 0 Å². The van der Waals surface area contributed by atoms with Gasteiger partial charge in [-0.25, -0.2) is 4.79 Å². The first-order valence-electron chi connectivity index (χ1n) is 8.26. The maximum Gasteiger partial charge on any atom is 0.340 e. The van der Waals surface area contributed by atoms with Crippen molar-refractivity contribution in [3.05, 3.63) is 63.9 Å². The van der Waals surface area contributed by atoms with E-state index in [0.29, 0.717) is 12.2 Å². The SMILES string of the molecule is CCOC(=O)c1cc(Br)cnc1[C@H]1CCN(Cc2ccccc2)C1. The van der Waals surface area contributed by atoms with E-state index >= 15 is 0 Å². The number of rotatable bonds is 5. The Morgan fingerprint density at radius 1 is 1.38 bits per heavy atom. The van der Waals surface area contributed by atoms with Crippen LogP contribution in [0.1, 0.15) is 40.9 Å². The number of likely N-dealkylation sites (tertiary alicyclic amines) is 1. The summed E-state index contributed by atoms with van der Waals surface area (Å²) in [5.41, 5.74) is 2.75. The maximum atomic E-state index is 12.3. The first-order chi connectivity index (χ1) is 11.7. The predicted octanol–water partition coefficient (Wildman–Crippen LogP) is 4.01. The lowest BCUT2D eigenvalue weighted by Crippen LogP contribution is -2.20. The number of halogens is 1. The van der Waals surface area contributed by atoms with Crippen LogP contribution in [-0.4, -0.2) is 35.5 Å². The zero-order chi connectivity index (χ0) is 16.9. The molecule has 5 heteroatoms. The molecule has 1 atom stereocenters. The monoisotopic (exact) mass is 388 g/mol. The van der Waals surface area contributed by atoms with E-state index in [0.717, 1.165) is 36.2 Å². The topological polar surface area (TPSA) is 42.4 Å². The molecule has 0 aliphatic carbocycles. The van der Waals surface area contributed by atoms with Crippen LogP contribution in [0.5, 0.6) is 0 Å². The maximum absolute atomic E-state index is 12.3. The molecule has 1 fully saturated rings. The van der Waals surface area contributed by atoms with E-state index in [2.05, 4.69) is 50.1 Å². The van der Waals surface area contributed by atoms with Crippen molar-refractivity contribution in [1.29, 1.82) is 0 Å². The van der Waals surface area contributed by atoms with Gasteiger partial charge in [0.25, 0.3) is 0 Å². The second-order valence-corrected chi connectivity index (χ2v) is 6.93. The quantitative estimate of drug-likeness (QED) is 0.725. The van der Waals surface area contributed by atoms with Gasteiger partial charge in [0.1, 0.15) is 0 Å². The summed E-state index contributed by atoms with van der Waals surface area (Å²) in [5, 5.41) is 0. The zero-order valence-corrected chi connectivity index (χ0v) is 15.3. The molecular formula is C19H21BrN2O2. The lowest BCUT2D eigenvalue weighted by atomic mass is 9.99. The zero-order valence-electron chi connectivity index (χ0n) is 13.7. The normalized spacial score (nSPS) is 17.8. The van der Waals surface area contributed by atoms with Gasteiger partial charge in [0.15, 0.2) is 0 Å². The highest BCUT2D eigenvalue weighted by Gasteiger charge is 2.29. The molecule has 4 nitrogen and oxygen atoms in total. The van der Waals surface area contributed by atoms with E-state index in [4.69, 9.17) is 4.74 Å². The molecule has 1 aliphatic rings. The molecule has 3 rings (SSSR count). The third-order valence-corrected chi connectivity index (χ3v) is 4.72. The first kappa shape index (κ1) is 17.1. The van der Waals surface area contributed by atoms with Gasteiger partial charge in [-0.2, -0.15) is 0 Å². The van der Waals surface area contributed by atoms with Crippen molar-refractivity contribution in [3.8, 4) is 0 Å². The van der Waals surface area contributed by atoms with Gasteiger partial charge in [-0.05, 0) is 47.4 Å². The third kappa shape index (κ3) is 4.02. The standard InChI is InChI=1S/C19H21BrN2O2/c1-2-24-19(23)17-10-16(20)11-21-18(17)15-8-9-22(13-15)12-14-6-4-3-5-7-14/h3-7,10-11,15H,2,8-9,12-13H2,1H3/t15-/m0/s1. The smallest absolute Gasteiger partial charge is 0.340 e. The number of carbonyl (C=O) groups excluding carboxylic acids is 1. The van der Waals surface area contributed by atoms with Gasteiger partial charge in [0.2, 0.25) is 0 Å². The number of nitrogens with zero attached hydrogens (tertiary/aromatic N) is 2. The first-order valence-corrected chi connectivity index (χ1v) is 9.05. The van der Waals surface area contributed by atoms with E-state index < -0.39 is 0 Å². The number of carbonyl (C=O) groups is 1. The van der Waals surface area contributed by atoms with E-state index in [-0.39, 0.29) is 11.9 Å². The van der Waals surface area contributed by atoms with Crippen molar-refractivity contribution in [2.75, 3.05) is 19.7 Å². The number of hydrogen-bond donors (Lipinski definition) is 0. The number of benzene rings is 1. The Bertz CT molecular complexity index is 706. The fourth-order valence-electron chi connectivity index (χ4n) is 3.19. The Morgan fingerprint density at radius 2 is 2.17 bits per heavy atom. The van der Waals surface area contributed by atoms with Crippen LogP contribution in [0.15, 0.2) is 47.1 Å². The van der Waals surface area contributed by atoms with E-state index in [9.17, 15) is 4.79 Å². The molecule has 0 unspecified atom stereocenters. The number of ether oxygens (including phenoxy) is 1. The lowest BCUT2D eigenvalue weighted by Gasteiger charge is -2.17. The molecule has 24 heavy (non-hydrogen) atoms.